The van der Waals surface area contributed by atoms with Crippen LogP contribution < -0.4 is 4.90 Å². The van der Waals surface area contributed by atoms with E-state index in [1.807, 2.05) is 17.0 Å². The number of likely N-dealkylation sites (N-methyl/N-ethyl adjacent to an activating group) is 2. The highest BCUT2D eigenvalue weighted by Crippen LogP contribution is 2.24. The second-order valence-electron chi connectivity index (χ2n) is 7.82. The van der Waals surface area contributed by atoms with Crippen LogP contribution in [0.4, 0.5) is 5.82 Å². The molecule has 2 aliphatic rings. The molecule has 1 atom stereocenters. The van der Waals surface area contributed by atoms with Gasteiger partial charge in [-0.05, 0) is 49.6 Å². The molecule has 0 bridgehead atoms. The molecule has 0 N–H and O–H groups in total. The predicted octanol–water partition coefficient (Wildman–Crippen LogP) is 2.81. The first kappa shape index (κ1) is 18.0. The number of benzene rings is 1. The molecule has 0 radical (unpaired) electrons. The van der Waals surface area contributed by atoms with Gasteiger partial charge in [0.05, 0.1) is 0 Å². The van der Waals surface area contributed by atoms with Crippen LogP contribution in [0.15, 0.2) is 42.6 Å². The van der Waals surface area contributed by atoms with Gasteiger partial charge in [0.2, 0.25) is 0 Å². The number of aromatic nitrogens is 1. The summed E-state index contributed by atoms with van der Waals surface area (Å²) in [5, 5.41) is 0. The zero-order valence-corrected chi connectivity index (χ0v) is 16.3. The number of rotatable bonds is 4. The zero-order chi connectivity index (χ0) is 18.8. The van der Waals surface area contributed by atoms with Crippen LogP contribution in [0.5, 0.6) is 0 Å². The summed E-state index contributed by atoms with van der Waals surface area (Å²) in [7, 11) is 4.26. The molecule has 4 rings (SSSR count). The van der Waals surface area contributed by atoms with Gasteiger partial charge in [0, 0.05) is 51.0 Å². The summed E-state index contributed by atoms with van der Waals surface area (Å²) in [6, 6.07) is 12.9. The molecular weight excluding hydrogens is 336 g/mol. The summed E-state index contributed by atoms with van der Waals surface area (Å²) in [6.45, 7) is 3.62. The lowest BCUT2D eigenvalue weighted by Crippen LogP contribution is -2.45. The third-order valence-electron chi connectivity index (χ3n) is 5.88. The van der Waals surface area contributed by atoms with Crippen molar-refractivity contribution in [3.05, 3.63) is 59.3 Å². The van der Waals surface area contributed by atoms with Crippen LogP contribution in [-0.2, 0) is 13.0 Å². The van der Waals surface area contributed by atoms with Crippen LogP contribution in [0, 0.1) is 0 Å². The van der Waals surface area contributed by atoms with Crippen LogP contribution in [0.2, 0.25) is 0 Å². The van der Waals surface area contributed by atoms with E-state index in [4.69, 9.17) is 0 Å². The van der Waals surface area contributed by atoms with E-state index in [1.54, 1.807) is 6.20 Å². The third kappa shape index (κ3) is 3.83. The number of fused-ring (bicyclic) bond motifs is 1. The molecule has 5 nitrogen and oxygen atoms in total. The number of nitrogens with zero attached hydrogens (tertiary/aromatic N) is 4. The Morgan fingerprint density at radius 1 is 1.19 bits per heavy atom. The van der Waals surface area contributed by atoms with E-state index in [-0.39, 0.29) is 5.91 Å². The number of amides is 1. The maximum absolute atomic E-state index is 12.7. The van der Waals surface area contributed by atoms with Crippen molar-refractivity contribution in [2.24, 2.45) is 0 Å². The fourth-order valence-corrected chi connectivity index (χ4v) is 4.19. The number of hydrogen-bond acceptors (Lipinski definition) is 4. The number of carbonyl (C=O) groups excluding carboxylic acids is 1. The Labute approximate surface area is 161 Å². The number of anilines is 1. The second kappa shape index (κ2) is 7.69. The summed E-state index contributed by atoms with van der Waals surface area (Å²) in [6.07, 6.45) is 5.02. The van der Waals surface area contributed by atoms with Crippen molar-refractivity contribution in [3.8, 4) is 0 Å². The number of likely N-dealkylation sites (tertiary alicyclic amines) is 1. The number of carbonyl (C=O) groups is 1. The summed E-state index contributed by atoms with van der Waals surface area (Å²) in [5.74, 6) is 1.00. The number of hydrogen-bond donors (Lipinski definition) is 0. The standard InChI is InChI=1S/C22H28N4O/c1-24-15-19-8-4-3-7-17(19)13-20(24)16-25(2)21-14-18(9-10-23-21)22(27)26-11-5-6-12-26/h3-4,7-10,14,20H,5-6,11-13,15-16H2,1-2H3. The Morgan fingerprint density at radius 3 is 2.70 bits per heavy atom. The van der Waals surface area contributed by atoms with E-state index < -0.39 is 0 Å². The summed E-state index contributed by atoms with van der Waals surface area (Å²) < 4.78 is 0. The highest BCUT2D eigenvalue weighted by Gasteiger charge is 2.25. The molecule has 0 aliphatic carbocycles. The smallest absolute Gasteiger partial charge is 0.254 e. The summed E-state index contributed by atoms with van der Waals surface area (Å²) in [4.78, 5) is 23.7. The molecule has 1 saturated heterocycles. The van der Waals surface area contributed by atoms with Crippen molar-refractivity contribution in [1.82, 2.24) is 14.8 Å². The van der Waals surface area contributed by atoms with Gasteiger partial charge in [-0.3, -0.25) is 9.69 Å². The molecule has 0 saturated carbocycles. The molecule has 2 aliphatic heterocycles. The van der Waals surface area contributed by atoms with Crippen molar-refractivity contribution in [3.63, 3.8) is 0 Å². The van der Waals surface area contributed by atoms with E-state index >= 15 is 0 Å². The van der Waals surface area contributed by atoms with E-state index in [1.165, 1.54) is 11.1 Å². The van der Waals surface area contributed by atoms with Gasteiger partial charge in [0.15, 0.2) is 0 Å². The number of pyridine rings is 1. The first-order valence-corrected chi connectivity index (χ1v) is 9.85. The highest BCUT2D eigenvalue weighted by molar-refractivity contribution is 5.95. The fourth-order valence-electron chi connectivity index (χ4n) is 4.19. The lowest BCUT2D eigenvalue weighted by Gasteiger charge is -2.36. The van der Waals surface area contributed by atoms with Gasteiger partial charge < -0.3 is 9.80 Å². The molecule has 0 spiro atoms. The highest BCUT2D eigenvalue weighted by atomic mass is 16.2. The molecule has 1 unspecified atom stereocenters. The second-order valence-corrected chi connectivity index (χ2v) is 7.82. The van der Waals surface area contributed by atoms with E-state index in [0.717, 1.165) is 56.8 Å². The Bertz CT molecular complexity index is 815. The topological polar surface area (TPSA) is 39.7 Å². The predicted molar refractivity (Wildman–Crippen MR) is 108 cm³/mol. The molecule has 1 aromatic heterocycles. The maximum Gasteiger partial charge on any atom is 0.254 e. The Kier molecular flexibility index (Phi) is 5.12. The van der Waals surface area contributed by atoms with Crippen molar-refractivity contribution >= 4 is 11.7 Å². The average Bonchev–Trinajstić information content (AvgIpc) is 3.23. The van der Waals surface area contributed by atoms with Gasteiger partial charge >= 0.3 is 0 Å². The van der Waals surface area contributed by atoms with E-state index in [2.05, 4.69) is 53.1 Å². The fraction of sp³-hybridized carbons (Fsp3) is 0.455. The lowest BCUT2D eigenvalue weighted by atomic mass is 9.94. The minimum absolute atomic E-state index is 0.133. The Balaban J connectivity index is 1.46. The quantitative estimate of drug-likeness (QED) is 0.836. The van der Waals surface area contributed by atoms with Gasteiger partial charge in [0.25, 0.3) is 5.91 Å². The first-order chi connectivity index (χ1) is 13.1. The molecule has 2 aromatic rings. The van der Waals surface area contributed by atoms with Crippen LogP contribution in [0.1, 0.15) is 34.3 Å². The van der Waals surface area contributed by atoms with Crippen molar-refractivity contribution in [2.75, 3.05) is 38.6 Å². The van der Waals surface area contributed by atoms with Gasteiger partial charge in [-0.15, -0.1) is 0 Å². The van der Waals surface area contributed by atoms with Crippen molar-refractivity contribution < 1.29 is 4.79 Å². The average molecular weight is 364 g/mol. The van der Waals surface area contributed by atoms with Gasteiger partial charge in [0.1, 0.15) is 5.82 Å². The van der Waals surface area contributed by atoms with E-state index in [9.17, 15) is 4.79 Å². The van der Waals surface area contributed by atoms with Gasteiger partial charge in [-0.25, -0.2) is 4.98 Å². The minimum Gasteiger partial charge on any atom is -0.358 e. The normalized spacial score (nSPS) is 19.8. The molecular formula is C22H28N4O. The molecule has 1 fully saturated rings. The third-order valence-corrected chi connectivity index (χ3v) is 5.88. The van der Waals surface area contributed by atoms with Gasteiger partial charge in [-0.1, -0.05) is 24.3 Å². The van der Waals surface area contributed by atoms with Gasteiger partial charge in [-0.2, -0.15) is 0 Å². The first-order valence-electron chi connectivity index (χ1n) is 9.85. The Morgan fingerprint density at radius 2 is 1.93 bits per heavy atom. The van der Waals surface area contributed by atoms with Crippen LogP contribution in [0.3, 0.4) is 0 Å². The van der Waals surface area contributed by atoms with Crippen molar-refractivity contribution in [2.45, 2.75) is 31.8 Å². The van der Waals surface area contributed by atoms with Crippen LogP contribution >= 0.6 is 0 Å². The minimum atomic E-state index is 0.133. The van der Waals surface area contributed by atoms with Crippen molar-refractivity contribution in [1.29, 1.82) is 0 Å². The summed E-state index contributed by atoms with van der Waals surface area (Å²) in [5.41, 5.74) is 3.62. The molecule has 142 valence electrons. The lowest BCUT2D eigenvalue weighted by molar-refractivity contribution is 0.0792. The maximum atomic E-state index is 12.7. The van der Waals surface area contributed by atoms with Crippen LogP contribution in [0.25, 0.3) is 0 Å². The molecule has 5 heteroatoms. The van der Waals surface area contributed by atoms with E-state index in [0.29, 0.717) is 6.04 Å². The molecule has 1 aromatic carbocycles. The monoisotopic (exact) mass is 364 g/mol. The zero-order valence-electron chi connectivity index (χ0n) is 16.3. The Hall–Kier alpha value is -2.40. The summed E-state index contributed by atoms with van der Waals surface area (Å²) >= 11 is 0. The largest absolute Gasteiger partial charge is 0.358 e. The van der Waals surface area contributed by atoms with Crippen LogP contribution in [-0.4, -0.2) is 60.5 Å². The molecule has 3 heterocycles. The SMILES string of the molecule is CN(CC1Cc2ccccc2CN1C)c1cc(C(=O)N2CCCC2)ccn1. The molecule has 27 heavy (non-hydrogen) atoms. The molecule has 1 amide bonds.